The highest BCUT2D eigenvalue weighted by Gasteiger charge is 2.01. The Morgan fingerprint density at radius 2 is 1.58 bits per heavy atom. The minimum Gasteiger partial charge on any atom is -0.257 e. The molecular formula is C17H19NS. The van der Waals surface area contributed by atoms with Gasteiger partial charge in [-0.3, -0.25) is 4.99 Å². The van der Waals surface area contributed by atoms with Crippen molar-refractivity contribution in [3.63, 3.8) is 0 Å². The van der Waals surface area contributed by atoms with Crippen molar-refractivity contribution in [2.75, 3.05) is 5.75 Å². The first-order valence-corrected chi connectivity index (χ1v) is 7.43. The molecule has 0 aromatic heterocycles. The van der Waals surface area contributed by atoms with Crippen molar-refractivity contribution in [2.24, 2.45) is 4.99 Å². The molecule has 0 aliphatic carbocycles. The summed E-state index contributed by atoms with van der Waals surface area (Å²) in [5.41, 5.74) is 4.76. The van der Waals surface area contributed by atoms with E-state index in [0.29, 0.717) is 0 Å². The van der Waals surface area contributed by atoms with Crippen LogP contribution in [0.5, 0.6) is 0 Å². The smallest absolute Gasteiger partial charge is 0.0687 e. The number of nitrogens with zero attached hydrogens (tertiary/aromatic N) is 1. The Morgan fingerprint density at radius 3 is 2.21 bits per heavy atom. The molecule has 0 spiro atoms. The number of aliphatic imine (C=N–C) groups is 1. The Kier molecular flexibility index (Phi) is 4.80. The molecule has 0 atom stereocenters. The summed E-state index contributed by atoms with van der Waals surface area (Å²) in [6.45, 7) is 6.33. The number of hydrogen-bond donors (Lipinski definition) is 0. The van der Waals surface area contributed by atoms with Gasteiger partial charge in [0.2, 0.25) is 0 Å². The summed E-state index contributed by atoms with van der Waals surface area (Å²) >= 11 is 1.83. The second-order valence-electron chi connectivity index (χ2n) is 4.69. The maximum atomic E-state index is 4.77. The van der Waals surface area contributed by atoms with E-state index in [-0.39, 0.29) is 0 Å². The van der Waals surface area contributed by atoms with Crippen molar-refractivity contribution in [3.05, 3.63) is 59.7 Å². The summed E-state index contributed by atoms with van der Waals surface area (Å²) in [7, 11) is 0. The van der Waals surface area contributed by atoms with Crippen LogP contribution in [0.15, 0.2) is 58.4 Å². The van der Waals surface area contributed by atoms with Gasteiger partial charge in [-0.05, 0) is 44.0 Å². The molecule has 0 unspecified atom stereocenters. The third kappa shape index (κ3) is 3.97. The quantitative estimate of drug-likeness (QED) is 0.549. The van der Waals surface area contributed by atoms with Crippen LogP contribution in [0.3, 0.4) is 0 Å². The average Bonchev–Trinajstić information content (AvgIpc) is 2.42. The maximum absolute atomic E-state index is 4.77. The van der Waals surface area contributed by atoms with Gasteiger partial charge in [0.15, 0.2) is 0 Å². The first kappa shape index (κ1) is 13.9. The van der Waals surface area contributed by atoms with Crippen LogP contribution in [-0.4, -0.2) is 11.5 Å². The molecule has 0 aliphatic heterocycles. The van der Waals surface area contributed by atoms with Crippen molar-refractivity contribution in [1.82, 2.24) is 0 Å². The zero-order valence-corrected chi connectivity index (χ0v) is 12.5. The summed E-state index contributed by atoms with van der Waals surface area (Å²) in [4.78, 5) is 6.06. The molecule has 2 aromatic rings. The number of benzene rings is 2. The summed E-state index contributed by atoms with van der Waals surface area (Å²) in [5, 5.41) is 0. The zero-order chi connectivity index (χ0) is 13.7. The van der Waals surface area contributed by atoms with Crippen molar-refractivity contribution in [2.45, 2.75) is 25.7 Å². The highest BCUT2D eigenvalue weighted by atomic mass is 32.2. The third-order valence-corrected chi connectivity index (χ3v) is 4.10. The Hall–Kier alpha value is -1.54. The van der Waals surface area contributed by atoms with Gasteiger partial charge in [0, 0.05) is 16.4 Å². The number of aryl methyl sites for hydroxylation is 2. The normalized spacial score (nSPS) is 11.6. The molecule has 98 valence electrons. The fourth-order valence-electron chi connectivity index (χ4n) is 1.91. The van der Waals surface area contributed by atoms with Crippen LogP contribution in [0.25, 0.3) is 0 Å². The van der Waals surface area contributed by atoms with Crippen LogP contribution < -0.4 is 0 Å². The lowest BCUT2D eigenvalue weighted by atomic mass is 10.1. The summed E-state index contributed by atoms with van der Waals surface area (Å²) < 4.78 is 0. The molecule has 0 N–H and O–H groups in total. The fraction of sp³-hybridized carbons (Fsp3) is 0.235. The standard InChI is InChI=1S/C17H19NS/c1-13-8-7-9-14(2)17(13)18-15(3)12-19-16-10-5-4-6-11-16/h4-11H,12H2,1-3H3. The topological polar surface area (TPSA) is 12.4 Å². The van der Waals surface area contributed by atoms with Gasteiger partial charge in [0.05, 0.1) is 5.69 Å². The van der Waals surface area contributed by atoms with Crippen molar-refractivity contribution >= 4 is 23.2 Å². The second-order valence-corrected chi connectivity index (χ2v) is 5.74. The Morgan fingerprint density at radius 1 is 0.947 bits per heavy atom. The second kappa shape index (κ2) is 6.58. The monoisotopic (exact) mass is 269 g/mol. The molecule has 0 saturated heterocycles. The largest absolute Gasteiger partial charge is 0.257 e. The lowest BCUT2D eigenvalue weighted by molar-refractivity contribution is 1.32. The molecular weight excluding hydrogens is 250 g/mol. The maximum Gasteiger partial charge on any atom is 0.0687 e. The molecule has 0 radical (unpaired) electrons. The third-order valence-electron chi connectivity index (χ3n) is 2.93. The minimum atomic E-state index is 0.928. The van der Waals surface area contributed by atoms with Gasteiger partial charge in [-0.25, -0.2) is 0 Å². The van der Waals surface area contributed by atoms with E-state index < -0.39 is 0 Å². The lowest BCUT2D eigenvalue weighted by Crippen LogP contribution is -1.95. The predicted octanol–water partition coefficient (Wildman–Crippen LogP) is 5.19. The van der Waals surface area contributed by atoms with Crippen molar-refractivity contribution in [1.29, 1.82) is 0 Å². The molecule has 0 bridgehead atoms. The van der Waals surface area contributed by atoms with Crippen LogP contribution in [0.2, 0.25) is 0 Å². The van der Waals surface area contributed by atoms with Crippen molar-refractivity contribution < 1.29 is 0 Å². The van der Waals surface area contributed by atoms with E-state index in [1.54, 1.807) is 0 Å². The highest BCUT2D eigenvalue weighted by Crippen LogP contribution is 2.24. The molecule has 2 aromatic carbocycles. The van der Waals surface area contributed by atoms with E-state index in [1.165, 1.54) is 16.0 Å². The van der Waals surface area contributed by atoms with Gasteiger partial charge in [-0.15, -0.1) is 11.8 Å². The molecule has 2 rings (SSSR count). The Labute approximate surface area is 119 Å². The average molecular weight is 269 g/mol. The summed E-state index contributed by atoms with van der Waals surface area (Å²) in [6.07, 6.45) is 0. The van der Waals surface area contributed by atoms with E-state index >= 15 is 0 Å². The first-order valence-electron chi connectivity index (χ1n) is 6.45. The molecule has 2 heteroatoms. The van der Waals surface area contributed by atoms with Gasteiger partial charge in [-0.1, -0.05) is 36.4 Å². The number of hydrogen-bond acceptors (Lipinski definition) is 2. The highest BCUT2D eigenvalue weighted by molar-refractivity contribution is 8.00. The van der Waals surface area contributed by atoms with Crippen LogP contribution in [0, 0.1) is 13.8 Å². The molecule has 19 heavy (non-hydrogen) atoms. The molecule has 1 nitrogen and oxygen atoms in total. The Balaban J connectivity index is 2.07. The van der Waals surface area contributed by atoms with E-state index in [9.17, 15) is 0 Å². The molecule has 0 heterocycles. The van der Waals surface area contributed by atoms with Crippen LogP contribution in [0.1, 0.15) is 18.1 Å². The zero-order valence-electron chi connectivity index (χ0n) is 11.7. The minimum absolute atomic E-state index is 0.928. The number of rotatable bonds is 4. The van der Waals surface area contributed by atoms with E-state index in [2.05, 4.69) is 63.2 Å². The summed E-state index contributed by atoms with van der Waals surface area (Å²) in [6, 6.07) is 16.8. The van der Waals surface area contributed by atoms with Gasteiger partial charge in [0.1, 0.15) is 0 Å². The number of thioether (sulfide) groups is 1. The van der Waals surface area contributed by atoms with Gasteiger partial charge in [-0.2, -0.15) is 0 Å². The van der Waals surface area contributed by atoms with Gasteiger partial charge < -0.3 is 0 Å². The molecule has 0 aliphatic rings. The van der Waals surface area contributed by atoms with Gasteiger partial charge >= 0.3 is 0 Å². The van der Waals surface area contributed by atoms with Crippen molar-refractivity contribution in [3.8, 4) is 0 Å². The van der Waals surface area contributed by atoms with E-state index in [4.69, 9.17) is 4.99 Å². The van der Waals surface area contributed by atoms with E-state index in [0.717, 1.165) is 17.2 Å². The predicted molar refractivity (Wildman–Crippen MR) is 85.9 cm³/mol. The van der Waals surface area contributed by atoms with Crippen LogP contribution in [0.4, 0.5) is 5.69 Å². The SMILES string of the molecule is CC(CSc1ccccc1)=Nc1c(C)cccc1C. The molecule has 0 saturated carbocycles. The van der Waals surface area contributed by atoms with Gasteiger partial charge in [0.25, 0.3) is 0 Å². The summed E-state index contributed by atoms with van der Waals surface area (Å²) in [5.74, 6) is 0.928. The molecule has 0 fully saturated rings. The first-order chi connectivity index (χ1) is 9.16. The van der Waals surface area contributed by atoms with Crippen LogP contribution in [-0.2, 0) is 0 Å². The molecule has 0 amide bonds. The Bertz CT molecular complexity index is 553. The van der Waals surface area contributed by atoms with E-state index in [1.807, 2.05) is 17.8 Å². The number of para-hydroxylation sites is 1. The van der Waals surface area contributed by atoms with Crippen LogP contribution >= 0.6 is 11.8 Å². The lowest BCUT2D eigenvalue weighted by Gasteiger charge is -2.06. The fourth-order valence-corrected chi connectivity index (χ4v) is 2.70.